The van der Waals surface area contributed by atoms with Gasteiger partial charge in [-0.25, -0.2) is 4.39 Å². The molecule has 1 aliphatic rings. The van der Waals surface area contributed by atoms with Crippen LogP contribution < -0.4 is 5.32 Å². The van der Waals surface area contributed by atoms with Crippen LogP contribution in [0, 0.1) is 5.82 Å². The minimum absolute atomic E-state index is 0.229. The van der Waals surface area contributed by atoms with Crippen molar-refractivity contribution in [3.63, 3.8) is 0 Å². The smallest absolute Gasteiger partial charge is 0.252 e. The Labute approximate surface area is 134 Å². The van der Waals surface area contributed by atoms with Gasteiger partial charge in [0.1, 0.15) is 5.82 Å². The molecule has 1 unspecified atom stereocenters. The van der Waals surface area contributed by atoms with Crippen molar-refractivity contribution in [1.82, 2.24) is 10.2 Å². The van der Waals surface area contributed by atoms with Crippen molar-refractivity contribution in [2.45, 2.75) is 38.6 Å². The van der Waals surface area contributed by atoms with Gasteiger partial charge < -0.3 is 10.2 Å². The molecular weight excluding hydrogens is 335 g/mol. The van der Waals surface area contributed by atoms with E-state index in [-0.39, 0.29) is 10.4 Å². The molecule has 2 rings (SSSR count). The summed E-state index contributed by atoms with van der Waals surface area (Å²) in [7, 11) is 0. The Bertz CT molecular complexity index is 495. The maximum absolute atomic E-state index is 13.4. The molecule has 0 spiro atoms. The number of rotatable bonds is 5. The fourth-order valence-electron chi connectivity index (χ4n) is 2.75. The van der Waals surface area contributed by atoms with Crippen LogP contribution in [0.5, 0.6) is 0 Å². The predicted octanol–water partition coefficient (Wildman–Crippen LogP) is 3.58. The van der Waals surface area contributed by atoms with E-state index in [1.807, 2.05) is 0 Å². The normalized spacial score (nSPS) is 19.5. The molecule has 0 bridgehead atoms. The van der Waals surface area contributed by atoms with Crippen LogP contribution in [0.4, 0.5) is 4.39 Å². The minimum atomic E-state index is -0.412. The summed E-state index contributed by atoms with van der Waals surface area (Å²) in [5.41, 5.74) is 0.348. The second-order valence-corrected chi connectivity index (χ2v) is 6.38. The maximum Gasteiger partial charge on any atom is 0.252 e. The third-order valence-corrected chi connectivity index (χ3v) is 4.85. The van der Waals surface area contributed by atoms with E-state index in [4.69, 9.17) is 0 Å². The fourth-order valence-corrected chi connectivity index (χ4v) is 3.19. The summed E-state index contributed by atoms with van der Waals surface area (Å²) >= 11 is 3.12. The molecule has 1 saturated heterocycles. The van der Waals surface area contributed by atoms with E-state index in [1.54, 1.807) is 12.1 Å². The zero-order valence-electron chi connectivity index (χ0n) is 12.4. The molecule has 0 aliphatic carbocycles. The van der Waals surface area contributed by atoms with Crippen LogP contribution >= 0.6 is 15.9 Å². The number of carbonyl (C=O) groups excluding carboxylic acids is 1. The second-order valence-electron chi connectivity index (χ2n) is 5.59. The molecular formula is C16H22BrFN2O. The lowest BCUT2D eigenvalue weighted by Gasteiger charge is -2.33. The van der Waals surface area contributed by atoms with Crippen molar-refractivity contribution < 1.29 is 9.18 Å². The number of hydrogen-bond acceptors (Lipinski definition) is 2. The number of benzene rings is 1. The molecule has 1 aromatic carbocycles. The number of hydrogen-bond donors (Lipinski definition) is 1. The molecule has 0 aromatic heterocycles. The number of amides is 1. The Hall–Kier alpha value is -0.940. The molecule has 1 fully saturated rings. The fraction of sp³-hybridized carbons (Fsp3) is 0.562. The van der Waals surface area contributed by atoms with Crippen LogP contribution in [0.25, 0.3) is 0 Å². The molecule has 5 heteroatoms. The van der Waals surface area contributed by atoms with Gasteiger partial charge >= 0.3 is 0 Å². The lowest BCUT2D eigenvalue weighted by Crippen LogP contribution is -2.39. The summed E-state index contributed by atoms with van der Waals surface area (Å²) in [6.07, 6.45) is 4.78. The lowest BCUT2D eigenvalue weighted by atomic mass is 10.0. The zero-order chi connectivity index (χ0) is 15.2. The Kier molecular flexibility index (Phi) is 6.18. The van der Waals surface area contributed by atoms with Crippen LogP contribution in [0.3, 0.4) is 0 Å². The first-order valence-electron chi connectivity index (χ1n) is 7.56. The summed E-state index contributed by atoms with van der Waals surface area (Å²) in [6.45, 7) is 5.04. The largest absolute Gasteiger partial charge is 0.352 e. The summed E-state index contributed by atoms with van der Waals surface area (Å²) in [5, 5.41) is 2.86. The number of piperidine rings is 1. The van der Waals surface area contributed by atoms with Gasteiger partial charge in [0.05, 0.1) is 10.0 Å². The average Bonchev–Trinajstić information content (AvgIpc) is 2.48. The van der Waals surface area contributed by atoms with Crippen molar-refractivity contribution in [3.05, 3.63) is 34.1 Å². The van der Waals surface area contributed by atoms with Crippen molar-refractivity contribution in [2.75, 3.05) is 19.6 Å². The Morgan fingerprint density at radius 3 is 3.05 bits per heavy atom. The van der Waals surface area contributed by atoms with E-state index in [2.05, 4.69) is 33.1 Å². The molecule has 3 nitrogen and oxygen atoms in total. The van der Waals surface area contributed by atoms with Crippen LogP contribution in [-0.4, -0.2) is 36.5 Å². The zero-order valence-corrected chi connectivity index (χ0v) is 14.0. The highest BCUT2D eigenvalue weighted by atomic mass is 79.9. The van der Waals surface area contributed by atoms with Gasteiger partial charge in [0, 0.05) is 19.1 Å². The minimum Gasteiger partial charge on any atom is -0.352 e. The second kappa shape index (κ2) is 7.90. The first-order valence-corrected chi connectivity index (χ1v) is 8.35. The van der Waals surface area contributed by atoms with Gasteiger partial charge in [-0.3, -0.25) is 4.79 Å². The number of halogens is 2. The molecule has 0 radical (unpaired) electrons. The highest BCUT2D eigenvalue weighted by Gasteiger charge is 2.17. The first kappa shape index (κ1) is 16.4. The lowest BCUT2D eigenvalue weighted by molar-refractivity contribution is 0.0947. The number of nitrogens with one attached hydrogen (secondary N) is 1. The Balaban J connectivity index is 1.75. The molecule has 21 heavy (non-hydrogen) atoms. The third kappa shape index (κ3) is 4.51. The summed E-state index contributed by atoms with van der Waals surface area (Å²) in [5.74, 6) is -0.641. The predicted molar refractivity (Wildman–Crippen MR) is 85.9 cm³/mol. The van der Waals surface area contributed by atoms with Gasteiger partial charge in [0.25, 0.3) is 5.91 Å². The van der Waals surface area contributed by atoms with Crippen molar-refractivity contribution in [3.8, 4) is 0 Å². The standard InChI is InChI=1S/C16H22BrFN2O/c1-12-6-2-3-10-20(12)11-5-9-19-16(21)13-7-4-8-14(18)15(13)17/h4,7-8,12H,2-3,5-6,9-11H2,1H3,(H,19,21). The third-order valence-electron chi connectivity index (χ3n) is 4.04. The van der Waals surface area contributed by atoms with Crippen LogP contribution in [0.1, 0.15) is 43.0 Å². The van der Waals surface area contributed by atoms with E-state index in [9.17, 15) is 9.18 Å². The number of likely N-dealkylation sites (tertiary alicyclic amines) is 1. The number of nitrogens with zero attached hydrogens (tertiary/aromatic N) is 1. The van der Waals surface area contributed by atoms with Crippen LogP contribution in [-0.2, 0) is 0 Å². The molecule has 1 heterocycles. The van der Waals surface area contributed by atoms with E-state index in [0.717, 1.165) is 19.5 Å². The maximum atomic E-state index is 13.4. The Morgan fingerprint density at radius 2 is 2.29 bits per heavy atom. The van der Waals surface area contributed by atoms with Gasteiger partial charge in [-0.2, -0.15) is 0 Å². The van der Waals surface area contributed by atoms with Crippen LogP contribution in [0.15, 0.2) is 22.7 Å². The highest BCUT2D eigenvalue weighted by Crippen LogP contribution is 2.20. The van der Waals surface area contributed by atoms with Gasteiger partial charge in [0.15, 0.2) is 0 Å². The van der Waals surface area contributed by atoms with E-state index >= 15 is 0 Å². The van der Waals surface area contributed by atoms with Gasteiger partial charge in [-0.1, -0.05) is 12.5 Å². The first-order chi connectivity index (χ1) is 10.1. The highest BCUT2D eigenvalue weighted by molar-refractivity contribution is 9.10. The summed E-state index contributed by atoms with van der Waals surface area (Å²) < 4.78 is 13.6. The number of carbonyl (C=O) groups is 1. The monoisotopic (exact) mass is 356 g/mol. The Morgan fingerprint density at radius 1 is 1.48 bits per heavy atom. The summed E-state index contributed by atoms with van der Waals surface area (Å²) in [4.78, 5) is 14.5. The molecule has 1 atom stereocenters. The van der Waals surface area contributed by atoms with E-state index < -0.39 is 5.82 Å². The van der Waals surface area contributed by atoms with Gasteiger partial charge in [-0.15, -0.1) is 0 Å². The van der Waals surface area contributed by atoms with Gasteiger partial charge in [-0.05, 0) is 60.8 Å². The molecule has 116 valence electrons. The molecule has 1 N–H and O–H groups in total. The van der Waals surface area contributed by atoms with Crippen molar-refractivity contribution in [1.29, 1.82) is 0 Å². The van der Waals surface area contributed by atoms with Crippen molar-refractivity contribution >= 4 is 21.8 Å². The van der Waals surface area contributed by atoms with E-state index in [1.165, 1.54) is 25.3 Å². The van der Waals surface area contributed by atoms with E-state index in [0.29, 0.717) is 18.2 Å². The van der Waals surface area contributed by atoms with Crippen molar-refractivity contribution in [2.24, 2.45) is 0 Å². The SMILES string of the molecule is CC1CCCCN1CCCNC(=O)c1cccc(F)c1Br. The molecule has 1 aromatic rings. The molecule has 0 saturated carbocycles. The molecule has 1 aliphatic heterocycles. The summed E-state index contributed by atoms with van der Waals surface area (Å²) in [6, 6.07) is 5.14. The van der Waals surface area contributed by atoms with Crippen LogP contribution in [0.2, 0.25) is 0 Å². The average molecular weight is 357 g/mol. The van der Waals surface area contributed by atoms with Gasteiger partial charge in [0.2, 0.25) is 0 Å². The molecule has 1 amide bonds. The topological polar surface area (TPSA) is 32.3 Å². The quantitative estimate of drug-likeness (QED) is 0.817.